The van der Waals surface area contributed by atoms with Crippen LogP contribution in [-0.2, 0) is 16.2 Å². The Morgan fingerprint density at radius 3 is 2.30 bits per heavy atom. The van der Waals surface area contributed by atoms with Crippen LogP contribution in [0.15, 0.2) is 48.7 Å². The Kier molecular flexibility index (Phi) is 5.56. The summed E-state index contributed by atoms with van der Waals surface area (Å²) in [6.07, 6.45) is -7.73. The van der Waals surface area contributed by atoms with Gasteiger partial charge in [0.2, 0.25) is 0 Å². The minimum Gasteiger partial charge on any atom is -0.366 e. The van der Waals surface area contributed by atoms with Gasteiger partial charge in [0.05, 0.1) is 11.3 Å². The van der Waals surface area contributed by atoms with Crippen LogP contribution in [0, 0.1) is 0 Å². The third-order valence-electron chi connectivity index (χ3n) is 5.39. The molecule has 1 aromatic heterocycles. The van der Waals surface area contributed by atoms with Crippen LogP contribution >= 0.6 is 0 Å². The highest BCUT2D eigenvalue weighted by molar-refractivity contribution is 6.04. The van der Waals surface area contributed by atoms with Gasteiger partial charge in [0.15, 0.2) is 25.4 Å². The van der Waals surface area contributed by atoms with Crippen LogP contribution in [0.3, 0.4) is 0 Å². The Morgan fingerprint density at radius 1 is 1.09 bits per heavy atom. The monoisotopic (exact) mass is 469 g/mol. The van der Waals surface area contributed by atoms with Crippen molar-refractivity contribution in [1.82, 2.24) is 9.78 Å². The van der Waals surface area contributed by atoms with Crippen molar-refractivity contribution >= 4 is 22.8 Å². The molecule has 1 aliphatic heterocycles. The smallest absolute Gasteiger partial charge is 0.366 e. The lowest BCUT2D eigenvalue weighted by molar-refractivity contribution is -1.09. The molecule has 0 radical (unpaired) electrons. The zero-order valence-electron chi connectivity index (χ0n) is 16.9. The fourth-order valence-corrected chi connectivity index (χ4v) is 3.87. The van der Waals surface area contributed by atoms with E-state index in [2.05, 4.69) is 9.94 Å². The van der Waals surface area contributed by atoms with Crippen LogP contribution in [0.5, 0.6) is 0 Å². The number of likely N-dealkylation sites (tertiary alicyclic amines) is 1. The Morgan fingerprint density at radius 2 is 1.73 bits per heavy atom. The number of benzene rings is 2. The van der Waals surface area contributed by atoms with E-state index in [0.29, 0.717) is 22.2 Å². The summed E-state index contributed by atoms with van der Waals surface area (Å²) >= 11 is 0. The molecule has 1 saturated heterocycles. The van der Waals surface area contributed by atoms with Crippen molar-refractivity contribution in [2.75, 3.05) is 13.1 Å². The van der Waals surface area contributed by atoms with E-state index in [1.54, 1.807) is 36.5 Å². The number of nitrogens with two attached hydrogens (primary N) is 1. The highest BCUT2D eigenvalue weighted by Gasteiger charge is 2.54. The van der Waals surface area contributed by atoms with E-state index in [9.17, 15) is 31.5 Å². The van der Waals surface area contributed by atoms with Crippen LogP contribution < -0.4 is 5.73 Å². The SMILES string of the molecule is NC(=O)c1cccc2cn(-c3ccc(C[N+]4(OC(=O)C(F)(F)F)CC(F)C(F)C4)cc3)nc12. The maximum atomic E-state index is 13.8. The van der Waals surface area contributed by atoms with Gasteiger partial charge < -0.3 is 5.73 Å². The number of carbonyl (C=O) groups excluding carboxylic acids is 2. The lowest BCUT2D eigenvalue weighted by atomic mass is 10.1. The molecule has 2 N–H and O–H groups in total. The van der Waals surface area contributed by atoms with Gasteiger partial charge in [-0.15, -0.1) is 4.65 Å². The molecule has 2 atom stereocenters. The van der Waals surface area contributed by atoms with Crippen molar-refractivity contribution in [2.24, 2.45) is 5.73 Å². The minimum atomic E-state index is -5.29. The second kappa shape index (κ2) is 8.10. The molecule has 0 saturated carbocycles. The van der Waals surface area contributed by atoms with Gasteiger partial charge >= 0.3 is 12.1 Å². The third kappa shape index (κ3) is 4.51. The van der Waals surface area contributed by atoms with Crippen LogP contribution in [0.1, 0.15) is 15.9 Å². The predicted octanol–water partition coefficient (Wildman–Crippen LogP) is 3.15. The maximum absolute atomic E-state index is 13.8. The zero-order chi connectivity index (χ0) is 24.0. The number of halogens is 5. The molecule has 12 heteroatoms. The number of primary amides is 1. The highest BCUT2D eigenvalue weighted by Crippen LogP contribution is 2.31. The average molecular weight is 469 g/mol. The van der Waals surface area contributed by atoms with Gasteiger partial charge in [0.1, 0.15) is 12.1 Å². The third-order valence-corrected chi connectivity index (χ3v) is 5.39. The Bertz CT molecular complexity index is 1200. The Labute approximate surface area is 183 Å². The summed E-state index contributed by atoms with van der Waals surface area (Å²) in [5.74, 6) is -3.14. The lowest BCUT2D eigenvalue weighted by Crippen LogP contribution is -2.50. The number of alkyl halides is 5. The van der Waals surface area contributed by atoms with Crippen molar-refractivity contribution in [3.63, 3.8) is 0 Å². The summed E-state index contributed by atoms with van der Waals surface area (Å²) < 4.78 is 66.1. The molecule has 174 valence electrons. The van der Waals surface area contributed by atoms with Crippen LogP contribution in [-0.4, -0.2) is 57.9 Å². The molecule has 0 aliphatic carbocycles. The van der Waals surface area contributed by atoms with Gasteiger partial charge in [-0.3, -0.25) is 9.63 Å². The van der Waals surface area contributed by atoms with Gasteiger partial charge in [0.25, 0.3) is 5.91 Å². The molecule has 1 fully saturated rings. The van der Waals surface area contributed by atoms with Crippen LogP contribution in [0.4, 0.5) is 22.0 Å². The summed E-state index contributed by atoms with van der Waals surface area (Å²) in [6.45, 7) is -1.81. The van der Waals surface area contributed by atoms with E-state index in [1.807, 2.05) is 0 Å². The molecule has 0 bridgehead atoms. The lowest BCUT2D eigenvalue weighted by Gasteiger charge is -2.30. The fourth-order valence-electron chi connectivity index (χ4n) is 3.87. The summed E-state index contributed by atoms with van der Waals surface area (Å²) in [5.41, 5.74) is 6.96. The number of rotatable bonds is 5. The molecule has 1 aliphatic rings. The molecular weight excluding hydrogens is 451 g/mol. The van der Waals surface area contributed by atoms with Crippen molar-refractivity contribution < 1.29 is 41.0 Å². The number of fused-ring (bicyclic) bond motifs is 1. The van der Waals surface area contributed by atoms with Crippen molar-refractivity contribution in [3.8, 4) is 5.69 Å². The van der Waals surface area contributed by atoms with Gasteiger partial charge in [0, 0.05) is 17.1 Å². The normalized spacial score (nSPS) is 23.1. The fraction of sp³-hybridized carbons (Fsp3) is 0.286. The van der Waals surface area contributed by atoms with E-state index in [0.717, 1.165) is 0 Å². The topological polar surface area (TPSA) is 87.2 Å². The number of hydrogen-bond acceptors (Lipinski definition) is 4. The predicted molar refractivity (Wildman–Crippen MR) is 105 cm³/mol. The molecule has 3 aromatic rings. The molecule has 2 heterocycles. The average Bonchev–Trinajstić information content (AvgIpc) is 3.28. The van der Waals surface area contributed by atoms with Gasteiger partial charge in [-0.25, -0.2) is 18.3 Å². The first kappa shape index (κ1) is 22.6. The van der Waals surface area contributed by atoms with E-state index in [4.69, 9.17) is 5.73 Å². The molecule has 1 amide bonds. The molecular formula is C21H18F5N4O3+. The van der Waals surface area contributed by atoms with Crippen molar-refractivity contribution in [2.45, 2.75) is 25.1 Å². The number of carbonyl (C=O) groups is 2. The van der Waals surface area contributed by atoms with Gasteiger partial charge in [-0.2, -0.15) is 18.3 Å². The van der Waals surface area contributed by atoms with Crippen LogP contribution in [0.25, 0.3) is 16.6 Å². The maximum Gasteiger partial charge on any atom is 0.497 e. The minimum absolute atomic E-state index is 0.247. The Hall–Kier alpha value is -3.54. The van der Waals surface area contributed by atoms with Crippen LogP contribution in [0.2, 0.25) is 0 Å². The molecule has 2 unspecified atom stereocenters. The van der Waals surface area contributed by atoms with Gasteiger partial charge in [-0.1, -0.05) is 24.3 Å². The summed E-state index contributed by atoms with van der Waals surface area (Å²) in [5, 5.41) is 5.02. The largest absolute Gasteiger partial charge is 0.497 e. The van der Waals surface area contributed by atoms with Crippen molar-refractivity contribution in [1.29, 1.82) is 0 Å². The highest BCUT2D eigenvalue weighted by atomic mass is 19.4. The van der Waals surface area contributed by atoms with E-state index in [-0.39, 0.29) is 12.1 Å². The zero-order valence-corrected chi connectivity index (χ0v) is 16.9. The molecule has 7 nitrogen and oxygen atoms in total. The Balaban J connectivity index is 1.59. The van der Waals surface area contributed by atoms with Crippen molar-refractivity contribution in [3.05, 3.63) is 59.8 Å². The molecule has 4 rings (SSSR count). The summed E-state index contributed by atoms with van der Waals surface area (Å²) in [4.78, 5) is 27.5. The van der Waals surface area contributed by atoms with E-state index >= 15 is 0 Å². The van der Waals surface area contributed by atoms with E-state index < -0.39 is 48.1 Å². The number of hydrogen-bond donors (Lipinski definition) is 1. The second-order valence-electron chi connectivity index (χ2n) is 7.84. The first-order valence-electron chi connectivity index (χ1n) is 9.80. The van der Waals surface area contributed by atoms with Gasteiger partial charge in [-0.05, 0) is 18.2 Å². The molecule has 2 aromatic carbocycles. The molecule has 33 heavy (non-hydrogen) atoms. The number of hydroxylamine groups is 3. The number of amides is 1. The summed E-state index contributed by atoms with van der Waals surface area (Å²) in [6, 6.07) is 11.2. The quantitative estimate of drug-likeness (QED) is 0.460. The second-order valence-corrected chi connectivity index (χ2v) is 7.84. The first-order valence-corrected chi connectivity index (χ1v) is 9.80. The molecule has 0 spiro atoms. The number of quaternary nitrogens is 1. The number of aromatic nitrogens is 2. The summed E-state index contributed by atoms with van der Waals surface area (Å²) in [7, 11) is 0. The van der Waals surface area contributed by atoms with E-state index in [1.165, 1.54) is 16.8 Å². The standard InChI is InChI=1S/C21H17F5N4O3/c22-16-10-30(11-17(16)23,33-20(32)21(24,25)26)9-12-4-6-14(7-5-12)29-8-13-2-1-3-15(19(27)31)18(13)28-29/h1-8,16-17H,9-11H2,(H-,27,31)/p+1. The number of nitrogens with zero attached hydrogens (tertiary/aromatic N) is 3. The first-order chi connectivity index (χ1) is 15.5.